The van der Waals surface area contributed by atoms with E-state index in [4.69, 9.17) is 10.8 Å². The molecule has 0 fully saturated rings. The molecule has 0 aromatic rings. The zero-order chi connectivity index (χ0) is 12.3. The van der Waals surface area contributed by atoms with Gasteiger partial charge in [-0.3, -0.25) is 9.59 Å². The lowest BCUT2D eigenvalue weighted by Gasteiger charge is -2.09. The van der Waals surface area contributed by atoms with Crippen LogP contribution in [0.25, 0.3) is 0 Å². The average Bonchev–Trinajstić information content (AvgIpc) is 2.25. The van der Waals surface area contributed by atoms with Crippen LogP contribution in [0.15, 0.2) is 0 Å². The fraction of sp³-hybridized carbons (Fsp3) is 0.800. The van der Waals surface area contributed by atoms with Gasteiger partial charge >= 0.3 is 5.97 Å². The molecule has 0 aliphatic carbocycles. The topological polar surface area (TPSA) is 92.4 Å². The number of carboxylic acid groups (broad SMARTS) is 1. The first-order chi connectivity index (χ1) is 7.07. The zero-order valence-electron chi connectivity index (χ0n) is 9.75. The highest BCUT2D eigenvalue weighted by molar-refractivity contribution is 5.82. The summed E-state index contributed by atoms with van der Waals surface area (Å²) >= 11 is 0. The molecular formula is C10H22N2O3. The molecule has 90 valence electrons. The Labute approximate surface area is 91.0 Å². The van der Waals surface area contributed by atoms with Crippen LogP contribution in [0, 0.1) is 0 Å². The fourth-order valence-corrected chi connectivity index (χ4v) is 0.789. The molecule has 1 unspecified atom stereocenters. The maximum absolute atomic E-state index is 11.1. The number of carboxylic acids is 1. The van der Waals surface area contributed by atoms with Crippen molar-refractivity contribution in [3.63, 3.8) is 0 Å². The molecule has 0 saturated carbocycles. The predicted octanol–water partition coefficient (Wildman–Crippen LogP) is 0.731. The van der Waals surface area contributed by atoms with Crippen molar-refractivity contribution in [2.24, 2.45) is 5.73 Å². The molecule has 5 heteroatoms. The average molecular weight is 218 g/mol. The van der Waals surface area contributed by atoms with Gasteiger partial charge in [0.15, 0.2) is 0 Å². The van der Waals surface area contributed by atoms with Crippen LogP contribution in [-0.2, 0) is 9.59 Å². The molecule has 0 spiro atoms. The van der Waals surface area contributed by atoms with Crippen molar-refractivity contribution in [3.8, 4) is 0 Å². The van der Waals surface area contributed by atoms with E-state index >= 15 is 0 Å². The van der Waals surface area contributed by atoms with Gasteiger partial charge in [-0.05, 0) is 12.8 Å². The smallest absolute Gasteiger partial charge is 0.303 e. The highest BCUT2D eigenvalue weighted by Crippen LogP contribution is 1.94. The summed E-state index contributed by atoms with van der Waals surface area (Å²) in [6.45, 7) is 6.52. The molecule has 5 nitrogen and oxygen atoms in total. The van der Waals surface area contributed by atoms with Crippen LogP contribution in [0.2, 0.25) is 0 Å². The third-order valence-corrected chi connectivity index (χ3v) is 1.56. The second-order valence-corrected chi connectivity index (χ2v) is 2.83. The number of nitrogens with two attached hydrogens (primary N) is 1. The lowest BCUT2D eigenvalue weighted by molar-refractivity contribution is -0.137. The molecule has 0 aromatic carbocycles. The standard InChI is InChI=1S/C8H16N2O3.C2H6/c1-2-5-10-8(13)6(9)3-4-7(11)12;1-2/h6H,2-5,9H2,1H3,(H,10,13)(H,11,12);1-2H3. The summed E-state index contributed by atoms with van der Waals surface area (Å²) in [5.41, 5.74) is 5.43. The Bertz CT molecular complexity index is 184. The summed E-state index contributed by atoms with van der Waals surface area (Å²) in [7, 11) is 0. The van der Waals surface area contributed by atoms with Crippen LogP contribution in [0.3, 0.4) is 0 Å². The fourth-order valence-electron chi connectivity index (χ4n) is 0.789. The molecule has 0 bridgehead atoms. The minimum atomic E-state index is -0.932. The first kappa shape index (κ1) is 16.3. The van der Waals surface area contributed by atoms with Crippen molar-refractivity contribution in [2.45, 2.75) is 46.1 Å². The lowest BCUT2D eigenvalue weighted by Crippen LogP contribution is -2.41. The van der Waals surface area contributed by atoms with Gasteiger partial charge in [-0.15, -0.1) is 0 Å². The number of hydrogen-bond donors (Lipinski definition) is 3. The quantitative estimate of drug-likeness (QED) is 0.612. The predicted molar refractivity (Wildman–Crippen MR) is 59.5 cm³/mol. The summed E-state index contributed by atoms with van der Waals surface area (Å²) in [6.07, 6.45) is 0.961. The van der Waals surface area contributed by atoms with Crippen LogP contribution >= 0.6 is 0 Å². The van der Waals surface area contributed by atoms with Crippen molar-refractivity contribution < 1.29 is 14.7 Å². The van der Waals surface area contributed by atoms with Gasteiger partial charge in [-0.1, -0.05) is 20.8 Å². The molecule has 0 heterocycles. The molecule has 0 rings (SSSR count). The molecule has 15 heavy (non-hydrogen) atoms. The summed E-state index contributed by atoms with van der Waals surface area (Å²) in [5.74, 6) is -1.21. The van der Waals surface area contributed by atoms with E-state index < -0.39 is 12.0 Å². The summed E-state index contributed by atoms with van der Waals surface area (Å²) in [4.78, 5) is 21.2. The largest absolute Gasteiger partial charge is 0.481 e. The van der Waals surface area contributed by atoms with Gasteiger partial charge in [-0.2, -0.15) is 0 Å². The molecule has 1 amide bonds. The summed E-state index contributed by atoms with van der Waals surface area (Å²) in [6, 6.07) is -0.706. The normalized spacial score (nSPS) is 10.9. The van der Waals surface area contributed by atoms with Crippen LogP contribution in [0.1, 0.15) is 40.0 Å². The van der Waals surface area contributed by atoms with E-state index in [9.17, 15) is 9.59 Å². The first-order valence-electron chi connectivity index (χ1n) is 5.33. The highest BCUT2D eigenvalue weighted by atomic mass is 16.4. The Morgan fingerprint density at radius 1 is 1.40 bits per heavy atom. The maximum Gasteiger partial charge on any atom is 0.303 e. The van der Waals surface area contributed by atoms with Crippen LogP contribution in [0.5, 0.6) is 0 Å². The molecule has 0 aliphatic rings. The van der Waals surface area contributed by atoms with Crippen LogP contribution in [-0.4, -0.2) is 29.6 Å². The van der Waals surface area contributed by atoms with E-state index in [1.165, 1.54) is 0 Å². The molecule has 4 N–H and O–H groups in total. The van der Waals surface area contributed by atoms with Crippen molar-refractivity contribution in [1.29, 1.82) is 0 Å². The van der Waals surface area contributed by atoms with E-state index in [0.717, 1.165) is 6.42 Å². The van der Waals surface area contributed by atoms with Gasteiger partial charge in [0.05, 0.1) is 6.04 Å². The molecule has 0 aromatic heterocycles. The van der Waals surface area contributed by atoms with Crippen molar-refractivity contribution in [3.05, 3.63) is 0 Å². The Morgan fingerprint density at radius 2 is 1.93 bits per heavy atom. The van der Waals surface area contributed by atoms with E-state index in [-0.39, 0.29) is 18.7 Å². The number of amides is 1. The van der Waals surface area contributed by atoms with E-state index in [1.807, 2.05) is 20.8 Å². The second kappa shape index (κ2) is 11.0. The Balaban J connectivity index is 0. The first-order valence-corrected chi connectivity index (χ1v) is 5.33. The Morgan fingerprint density at radius 3 is 2.33 bits per heavy atom. The summed E-state index contributed by atoms with van der Waals surface area (Å²) < 4.78 is 0. The number of carbonyl (C=O) groups is 2. The lowest BCUT2D eigenvalue weighted by atomic mass is 10.1. The maximum atomic E-state index is 11.1. The number of aliphatic carboxylic acids is 1. The number of rotatable bonds is 6. The van der Waals surface area contributed by atoms with Crippen molar-refractivity contribution in [1.82, 2.24) is 5.32 Å². The van der Waals surface area contributed by atoms with Crippen LogP contribution < -0.4 is 11.1 Å². The van der Waals surface area contributed by atoms with Gasteiger partial charge < -0.3 is 16.2 Å². The van der Waals surface area contributed by atoms with Gasteiger partial charge in [-0.25, -0.2) is 0 Å². The van der Waals surface area contributed by atoms with E-state index in [0.29, 0.717) is 6.54 Å². The van der Waals surface area contributed by atoms with E-state index in [2.05, 4.69) is 5.32 Å². The van der Waals surface area contributed by atoms with E-state index in [1.54, 1.807) is 0 Å². The van der Waals surface area contributed by atoms with Gasteiger partial charge in [0.1, 0.15) is 0 Å². The van der Waals surface area contributed by atoms with Gasteiger partial charge in [0, 0.05) is 13.0 Å². The SMILES string of the molecule is CC.CCCNC(=O)C(N)CCC(=O)O. The minimum absolute atomic E-state index is 0.0687. The van der Waals surface area contributed by atoms with Gasteiger partial charge in [0.2, 0.25) is 5.91 Å². The summed E-state index contributed by atoms with van der Waals surface area (Å²) in [5, 5.41) is 10.9. The minimum Gasteiger partial charge on any atom is -0.481 e. The number of carbonyl (C=O) groups excluding carboxylic acids is 1. The van der Waals surface area contributed by atoms with Crippen molar-refractivity contribution >= 4 is 11.9 Å². The third-order valence-electron chi connectivity index (χ3n) is 1.56. The zero-order valence-corrected chi connectivity index (χ0v) is 9.75. The van der Waals surface area contributed by atoms with Crippen LogP contribution in [0.4, 0.5) is 0 Å². The monoisotopic (exact) mass is 218 g/mol. The number of hydrogen-bond acceptors (Lipinski definition) is 3. The Hall–Kier alpha value is -1.10. The number of nitrogens with one attached hydrogen (secondary N) is 1. The van der Waals surface area contributed by atoms with Crippen molar-refractivity contribution in [2.75, 3.05) is 6.54 Å². The molecule has 0 radical (unpaired) electrons. The Kier molecular flexibility index (Phi) is 12.0. The third kappa shape index (κ3) is 10.8. The molecule has 0 saturated heterocycles. The molecule has 1 atom stereocenters. The highest BCUT2D eigenvalue weighted by Gasteiger charge is 2.13. The molecular weight excluding hydrogens is 196 g/mol. The second-order valence-electron chi connectivity index (χ2n) is 2.83. The van der Waals surface area contributed by atoms with Gasteiger partial charge in [0.25, 0.3) is 0 Å². The molecule has 0 aliphatic heterocycles.